The molecule has 9 aromatic carbocycles. The third-order valence-corrected chi connectivity index (χ3v) is 18.3. The Hall–Kier alpha value is -11.5. The molecule has 20 heteroatoms. The van der Waals surface area contributed by atoms with Crippen molar-refractivity contribution in [3.8, 4) is 69.0 Å². The molecule has 0 atom stereocenters. The lowest BCUT2D eigenvalue weighted by molar-refractivity contribution is -0.663. The van der Waals surface area contributed by atoms with Gasteiger partial charge in [0.1, 0.15) is 52.4 Å². The highest BCUT2D eigenvalue weighted by Crippen LogP contribution is 2.42. The number of hydrogen-bond donors (Lipinski definition) is 0. The second kappa shape index (κ2) is 28.4. The third-order valence-electron chi connectivity index (χ3n) is 18.3. The summed E-state index contributed by atoms with van der Waals surface area (Å²) in [4.78, 5) is 0. The molecule has 0 spiro atoms. The highest BCUT2D eigenvalue weighted by Gasteiger charge is 2.29. The number of para-hydroxylation sites is 8. The van der Waals surface area contributed by atoms with E-state index in [1.54, 1.807) is 85.3 Å². The molecule has 13 aromatic rings. The minimum atomic E-state index is 0.531. The number of rotatable bonds is 28. The number of imidazole rings is 4. The topological polar surface area (TPSA) is 146 Å². The Kier molecular flexibility index (Phi) is 18.9. The summed E-state index contributed by atoms with van der Waals surface area (Å²) in [6.45, 7) is 4.26. The summed E-state index contributed by atoms with van der Waals surface area (Å²) in [5, 5.41) is 0. The standard InChI is InChI=1S/C78H82N8O12/c1-87-67-29-51(30-68(88-2)75(67)95-9)39-79-47-83(63-25-17-13-21-59(63)79)43-55-37-57(45-85-49-81(61-23-15-19-27-65(61)85)41-53-33-71(91-5)77(97-11)72(34-53)92-6)58(46-86-50-82(62-24-16-20-28-66(62)86)42-54-35-73(93-7)78(98-12)74(36-54)94-8)38-56(55)44-84-48-80(60-22-14-18-26-64(60)84)40-52-31-69(89-3)76(96-10)70(32-52)90-4/h13-38,47-50H,39-46H2,1-12H3/q+4. The first-order chi connectivity index (χ1) is 47.9. The highest BCUT2D eigenvalue weighted by molar-refractivity contribution is 5.75. The van der Waals surface area contributed by atoms with Crippen LogP contribution in [0.1, 0.15) is 44.5 Å². The molecule has 0 N–H and O–H groups in total. The van der Waals surface area contributed by atoms with E-state index in [1.165, 1.54) is 0 Å². The molecule has 0 amide bonds. The van der Waals surface area contributed by atoms with Crippen molar-refractivity contribution in [1.82, 2.24) is 18.3 Å². The van der Waals surface area contributed by atoms with Crippen LogP contribution in [0.5, 0.6) is 69.0 Å². The number of fused-ring (bicyclic) bond motifs is 4. The number of aromatic nitrogens is 8. The molecule has 0 aliphatic heterocycles. The van der Waals surface area contributed by atoms with Crippen LogP contribution in [0.4, 0.5) is 0 Å². The van der Waals surface area contributed by atoms with Crippen LogP contribution in [0.25, 0.3) is 44.1 Å². The van der Waals surface area contributed by atoms with Gasteiger partial charge in [-0.25, -0.2) is 36.5 Å². The quantitative estimate of drug-likeness (QED) is 0.0430. The van der Waals surface area contributed by atoms with Crippen molar-refractivity contribution >= 4 is 44.1 Å². The average Bonchev–Trinajstić information content (AvgIpc) is 1.62. The van der Waals surface area contributed by atoms with Crippen LogP contribution in [0, 0.1) is 0 Å². The fourth-order valence-corrected chi connectivity index (χ4v) is 13.8. The minimum Gasteiger partial charge on any atom is -0.493 e. The fourth-order valence-electron chi connectivity index (χ4n) is 13.8. The second-order valence-corrected chi connectivity index (χ2v) is 24.0. The predicted molar refractivity (Wildman–Crippen MR) is 372 cm³/mol. The molecular formula is C78H82N8O12+4. The second-order valence-electron chi connectivity index (χ2n) is 24.0. The maximum atomic E-state index is 5.85. The van der Waals surface area contributed by atoms with Crippen LogP contribution in [0.15, 0.2) is 183 Å². The summed E-state index contributed by atoms with van der Waals surface area (Å²) in [7, 11) is 19.7. The lowest BCUT2D eigenvalue weighted by Crippen LogP contribution is -2.33. The summed E-state index contributed by atoms with van der Waals surface area (Å²) < 4.78 is 88.5. The molecule has 0 saturated carbocycles. The monoisotopic (exact) mass is 1320 g/mol. The lowest BCUT2D eigenvalue weighted by Gasteiger charge is -2.15. The van der Waals surface area contributed by atoms with E-state index in [0.717, 1.165) is 88.6 Å². The average molecular weight is 1320 g/mol. The number of ether oxygens (including phenoxy) is 12. The van der Waals surface area contributed by atoms with E-state index in [1.807, 2.05) is 48.5 Å². The van der Waals surface area contributed by atoms with Gasteiger partial charge < -0.3 is 56.8 Å². The van der Waals surface area contributed by atoms with Gasteiger partial charge in [-0.3, -0.25) is 0 Å². The summed E-state index contributed by atoms with van der Waals surface area (Å²) >= 11 is 0. The Balaban J connectivity index is 0.999. The molecule has 0 unspecified atom stereocenters. The van der Waals surface area contributed by atoms with Gasteiger partial charge in [0.25, 0.3) is 0 Å². The van der Waals surface area contributed by atoms with Crippen LogP contribution < -0.4 is 75.1 Å². The van der Waals surface area contributed by atoms with Crippen LogP contribution in [-0.2, 0) is 52.4 Å². The van der Waals surface area contributed by atoms with Gasteiger partial charge in [-0.15, -0.1) is 0 Å². The van der Waals surface area contributed by atoms with Crippen molar-refractivity contribution < 1.29 is 75.1 Å². The van der Waals surface area contributed by atoms with Crippen LogP contribution in [-0.4, -0.2) is 104 Å². The Morgan fingerprint density at radius 3 is 0.592 bits per heavy atom. The van der Waals surface area contributed by atoms with Gasteiger partial charge in [-0.1, -0.05) is 48.5 Å². The van der Waals surface area contributed by atoms with E-state index < -0.39 is 0 Å². The van der Waals surface area contributed by atoms with Gasteiger partial charge in [0.2, 0.25) is 48.3 Å². The molecule has 502 valence electrons. The zero-order valence-electron chi connectivity index (χ0n) is 57.5. The van der Waals surface area contributed by atoms with Crippen molar-refractivity contribution in [3.63, 3.8) is 0 Å². The molecule has 0 saturated heterocycles. The van der Waals surface area contributed by atoms with Crippen molar-refractivity contribution in [1.29, 1.82) is 0 Å². The van der Waals surface area contributed by atoms with Gasteiger partial charge in [0.05, 0.1) is 85.3 Å². The summed E-state index contributed by atoms with van der Waals surface area (Å²) in [5.41, 5.74) is 17.1. The number of nitrogens with zero attached hydrogens (tertiary/aromatic N) is 8. The first-order valence-corrected chi connectivity index (χ1v) is 32.1. The zero-order valence-corrected chi connectivity index (χ0v) is 57.5. The SMILES string of the molecule is COc1cc(C[n+]2cn(Cc3cc(Cn4c[n+](Cc5cc(OC)c(OC)c(OC)c5)c5ccccc54)c(Cn4c[n+](Cc5cc(OC)c(OC)c(OC)c5)c5ccccc54)cc3Cn3c[n+](Cc4cc(OC)c(OC)c(OC)c4)c4ccccc43)c3ccccc32)cc(OC)c1OC. The number of hydrogen-bond acceptors (Lipinski definition) is 12. The molecule has 13 rings (SSSR count). The largest absolute Gasteiger partial charge is 0.493 e. The normalized spacial score (nSPS) is 11.4. The van der Waals surface area contributed by atoms with E-state index in [9.17, 15) is 0 Å². The smallest absolute Gasteiger partial charge is 0.245 e. The van der Waals surface area contributed by atoms with E-state index in [-0.39, 0.29) is 0 Å². The highest BCUT2D eigenvalue weighted by atomic mass is 16.5. The first-order valence-electron chi connectivity index (χ1n) is 32.1. The molecule has 98 heavy (non-hydrogen) atoms. The van der Waals surface area contributed by atoms with E-state index in [2.05, 4.69) is 171 Å². The minimum absolute atomic E-state index is 0.531. The Morgan fingerprint density at radius 2 is 0.418 bits per heavy atom. The third kappa shape index (κ3) is 12.6. The summed E-state index contributed by atoms with van der Waals surface area (Å²) in [6.07, 6.45) is 8.91. The molecule has 4 aromatic heterocycles. The van der Waals surface area contributed by atoms with Crippen molar-refractivity contribution in [2.24, 2.45) is 0 Å². The molecule has 0 fully saturated rings. The zero-order chi connectivity index (χ0) is 68.1. The molecule has 0 bridgehead atoms. The predicted octanol–water partition coefficient (Wildman–Crippen LogP) is 11.1. The Bertz CT molecular complexity index is 4360. The molecule has 4 heterocycles. The van der Waals surface area contributed by atoms with Crippen molar-refractivity contribution in [2.75, 3.05) is 85.3 Å². The molecule has 0 aliphatic rings. The van der Waals surface area contributed by atoms with Gasteiger partial charge in [-0.2, -0.15) is 0 Å². The lowest BCUT2D eigenvalue weighted by atomic mass is 9.97. The van der Waals surface area contributed by atoms with E-state index in [0.29, 0.717) is 121 Å². The van der Waals surface area contributed by atoms with Gasteiger partial charge >= 0.3 is 0 Å². The van der Waals surface area contributed by atoms with Gasteiger partial charge in [0, 0.05) is 44.5 Å². The first kappa shape index (κ1) is 65.1. The Labute approximate surface area is 569 Å². The fraction of sp³-hybridized carbons (Fsp3) is 0.256. The maximum absolute atomic E-state index is 5.85. The number of benzene rings is 9. The summed E-state index contributed by atoms with van der Waals surface area (Å²) in [6, 6.07) is 55.3. The van der Waals surface area contributed by atoms with Crippen LogP contribution >= 0.6 is 0 Å². The van der Waals surface area contributed by atoms with Crippen molar-refractivity contribution in [2.45, 2.75) is 52.4 Å². The van der Waals surface area contributed by atoms with E-state index >= 15 is 0 Å². The molecule has 0 radical (unpaired) electrons. The molecule has 20 nitrogen and oxygen atoms in total. The number of methoxy groups -OCH3 is 12. The summed E-state index contributed by atoms with van der Waals surface area (Å²) in [5.74, 6) is 6.91. The van der Waals surface area contributed by atoms with Gasteiger partial charge in [0.15, 0.2) is 90.1 Å². The Morgan fingerprint density at radius 1 is 0.235 bits per heavy atom. The van der Waals surface area contributed by atoms with Gasteiger partial charge in [-0.05, 0) is 109 Å². The molecule has 0 aliphatic carbocycles. The van der Waals surface area contributed by atoms with E-state index in [4.69, 9.17) is 56.8 Å². The molecular weight excluding hydrogens is 1240 g/mol. The van der Waals surface area contributed by atoms with Crippen LogP contribution in [0.3, 0.4) is 0 Å². The van der Waals surface area contributed by atoms with Crippen molar-refractivity contribution in [3.05, 3.63) is 228 Å². The van der Waals surface area contributed by atoms with Crippen LogP contribution in [0.2, 0.25) is 0 Å². The maximum Gasteiger partial charge on any atom is 0.245 e.